The molecule has 1 aliphatic rings. The number of carbonyl (C=O) groups excluding carboxylic acids is 1. The maximum Gasteiger partial charge on any atom is 0.573 e. The van der Waals surface area contributed by atoms with Crippen LogP contribution in [0.25, 0.3) is 0 Å². The first kappa shape index (κ1) is 17.6. The molecule has 1 atom stereocenters. The van der Waals surface area contributed by atoms with E-state index in [0.717, 1.165) is 19.6 Å². The van der Waals surface area contributed by atoms with Gasteiger partial charge in [-0.05, 0) is 24.6 Å². The van der Waals surface area contributed by atoms with Crippen LogP contribution in [0, 0.1) is 0 Å². The molecular formula is C15H20F3N3O2. The Morgan fingerprint density at radius 3 is 2.70 bits per heavy atom. The molecule has 1 aliphatic heterocycles. The van der Waals surface area contributed by atoms with Gasteiger partial charge in [0.1, 0.15) is 5.75 Å². The van der Waals surface area contributed by atoms with Crippen molar-refractivity contribution in [3.63, 3.8) is 0 Å². The molecule has 1 aromatic carbocycles. The van der Waals surface area contributed by atoms with Crippen LogP contribution in [-0.2, 0) is 11.3 Å². The zero-order valence-electron chi connectivity index (χ0n) is 12.8. The summed E-state index contributed by atoms with van der Waals surface area (Å²) in [4.78, 5) is 14.0. The summed E-state index contributed by atoms with van der Waals surface area (Å²) in [6.07, 6.45) is -4.70. The lowest BCUT2D eigenvalue weighted by Crippen LogP contribution is -2.52. The number of alkyl halides is 3. The molecule has 1 fully saturated rings. The molecule has 0 spiro atoms. The molecule has 1 aromatic rings. The third-order valence-electron chi connectivity index (χ3n) is 3.63. The first-order valence-corrected chi connectivity index (χ1v) is 7.39. The van der Waals surface area contributed by atoms with Crippen molar-refractivity contribution >= 4 is 5.91 Å². The van der Waals surface area contributed by atoms with Crippen molar-refractivity contribution in [2.24, 2.45) is 0 Å². The predicted octanol–water partition coefficient (Wildman–Crippen LogP) is 1.50. The first-order valence-electron chi connectivity index (χ1n) is 7.39. The topological polar surface area (TPSA) is 53.6 Å². The average Bonchev–Trinajstić information content (AvgIpc) is 2.47. The lowest BCUT2D eigenvalue weighted by atomic mass is 10.2. The van der Waals surface area contributed by atoms with E-state index in [0.29, 0.717) is 18.2 Å². The zero-order valence-corrected chi connectivity index (χ0v) is 12.8. The van der Waals surface area contributed by atoms with Gasteiger partial charge in [0.2, 0.25) is 5.91 Å². The van der Waals surface area contributed by atoms with Crippen molar-refractivity contribution in [1.82, 2.24) is 15.5 Å². The number of benzene rings is 1. The van der Waals surface area contributed by atoms with E-state index in [1.807, 2.05) is 0 Å². The molecular weight excluding hydrogens is 311 g/mol. The van der Waals surface area contributed by atoms with Crippen LogP contribution < -0.4 is 15.4 Å². The maximum absolute atomic E-state index is 12.1. The smallest absolute Gasteiger partial charge is 0.406 e. The van der Waals surface area contributed by atoms with Gasteiger partial charge >= 0.3 is 6.36 Å². The summed E-state index contributed by atoms with van der Waals surface area (Å²) >= 11 is 0. The second-order valence-electron chi connectivity index (χ2n) is 5.49. The Hall–Kier alpha value is -1.80. The zero-order chi connectivity index (χ0) is 16.9. The second-order valence-corrected chi connectivity index (χ2v) is 5.49. The summed E-state index contributed by atoms with van der Waals surface area (Å²) < 4.78 is 40.0. The van der Waals surface area contributed by atoms with Gasteiger partial charge in [0, 0.05) is 32.2 Å². The molecule has 1 heterocycles. The lowest BCUT2D eigenvalue weighted by Gasteiger charge is -2.33. The normalized spacial score (nSPS) is 19.4. The maximum atomic E-state index is 12.1. The largest absolute Gasteiger partial charge is 0.573 e. The van der Waals surface area contributed by atoms with E-state index in [2.05, 4.69) is 27.2 Å². The molecule has 1 saturated heterocycles. The minimum absolute atomic E-state index is 0.102. The molecule has 0 bridgehead atoms. The van der Waals surface area contributed by atoms with Gasteiger partial charge in [-0.15, -0.1) is 13.2 Å². The minimum Gasteiger partial charge on any atom is -0.406 e. The van der Waals surface area contributed by atoms with Gasteiger partial charge in [-0.2, -0.15) is 0 Å². The van der Waals surface area contributed by atoms with E-state index in [1.54, 1.807) is 0 Å². The van der Waals surface area contributed by atoms with E-state index >= 15 is 0 Å². The first-order chi connectivity index (χ1) is 10.8. The Kier molecular flexibility index (Phi) is 5.84. The van der Waals surface area contributed by atoms with E-state index in [1.165, 1.54) is 24.3 Å². The van der Waals surface area contributed by atoms with Gasteiger partial charge in [0.15, 0.2) is 0 Å². The summed E-state index contributed by atoms with van der Waals surface area (Å²) in [5, 5.41) is 6.02. The Morgan fingerprint density at radius 2 is 2.09 bits per heavy atom. The molecule has 23 heavy (non-hydrogen) atoms. The van der Waals surface area contributed by atoms with Crippen LogP contribution in [0.2, 0.25) is 0 Å². The van der Waals surface area contributed by atoms with Crippen molar-refractivity contribution in [2.75, 3.05) is 26.2 Å². The standard InChI is InChI=1S/C15H20F3N3O2/c1-11-8-19-6-7-21(11)10-14(22)20-9-12-2-4-13(5-3-12)23-15(16,17)18/h2-5,11,19H,6-10H2,1H3,(H,20,22)/t11-/m1/s1. The molecule has 128 valence electrons. The number of ether oxygens (including phenoxy) is 1. The molecule has 1 amide bonds. The highest BCUT2D eigenvalue weighted by atomic mass is 19.4. The Balaban J connectivity index is 1.77. The molecule has 5 nitrogen and oxygen atoms in total. The highest BCUT2D eigenvalue weighted by Crippen LogP contribution is 2.22. The highest BCUT2D eigenvalue weighted by molar-refractivity contribution is 5.78. The third-order valence-corrected chi connectivity index (χ3v) is 3.63. The number of piperazine rings is 1. The van der Waals surface area contributed by atoms with Gasteiger partial charge in [0.05, 0.1) is 6.54 Å². The van der Waals surface area contributed by atoms with Crippen molar-refractivity contribution in [1.29, 1.82) is 0 Å². The summed E-state index contributed by atoms with van der Waals surface area (Å²) in [5.41, 5.74) is 0.709. The van der Waals surface area contributed by atoms with E-state index < -0.39 is 6.36 Å². The van der Waals surface area contributed by atoms with Crippen LogP contribution in [0.5, 0.6) is 5.75 Å². The van der Waals surface area contributed by atoms with Crippen LogP contribution in [-0.4, -0.2) is 49.4 Å². The summed E-state index contributed by atoms with van der Waals surface area (Å²) in [5.74, 6) is -0.378. The van der Waals surface area contributed by atoms with E-state index in [4.69, 9.17) is 0 Å². The molecule has 0 aliphatic carbocycles. The quantitative estimate of drug-likeness (QED) is 0.858. The molecule has 2 rings (SSSR count). The summed E-state index contributed by atoms with van der Waals surface area (Å²) in [7, 11) is 0. The predicted molar refractivity (Wildman–Crippen MR) is 78.9 cm³/mol. The monoisotopic (exact) mass is 331 g/mol. The number of nitrogens with zero attached hydrogens (tertiary/aromatic N) is 1. The van der Waals surface area contributed by atoms with Gasteiger partial charge in [-0.3, -0.25) is 9.69 Å². The van der Waals surface area contributed by atoms with Crippen LogP contribution >= 0.6 is 0 Å². The summed E-state index contributed by atoms with van der Waals surface area (Å²) in [6.45, 7) is 5.17. The number of hydrogen-bond donors (Lipinski definition) is 2. The molecule has 0 aromatic heterocycles. The minimum atomic E-state index is -4.70. The van der Waals surface area contributed by atoms with Crippen LogP contribution in [0.3, 0.4) is 0 Å². The molecule has 0 radical (unpaired) electrons. The molecule has 8 heteroatoms. The van der Waals surface area contributed by atoms with Crippen LogP contribution in [0.1, 0.15) is 12.5 Å². The second kappa shape index (κ2) is 7.65. The Bertz CT molecular complexity index is 520. The van der Waals surface area contributed by atoms with Crippen molar-refractivity contribution in [3.05, 3.63) is 29.8 Å². The van der Waals surface area contributed by atoms with Gasteiger partial charge in [-0.1, -0.05) is 12.1 Å². The van der Waals surface area contributed by atoms with Gasteiger partial charge < -0.3 is 15.4 Å². The SMILES string of the molecule is C[C@@H]1CNCCN1CC(=O)NCc1ccc(OC(F)(F)F)cc1. The number of carbonyl (C=O) groups is 1. The van der Waals surface area contributed by atoms with Crippen molar-refractivity contribution < 1.29 is 22.7 Å². The van der Waals surface area contributed by atoms with Crippen LogP contribution in [0.15, 0.2) is 24.3 Å². The Labute approximate surface area is 132 Å². The van der Waals surface area contributed by atoms with Crippen molar-refractivity contribution in [2.45, 2.75) is 25.9 Å². The average molecular weight is 331 g/mol. The fraction of sp³-hybridized carbons (Fsp3) is 0.533. The summed E-state index contributed by atoms with van der Waals surface area (Å²) in [6, 6.07) is 5.75. The van der Waals surface area contributed by atoms with Gasteiger partial charge in [0.25, 0.3) is 0 Å². The molecule has 0 saturated carbocycles. The number of amides is 1. The van der Waals surface area contributed by atoms with Crippen LogP contribution in [0.4, 0.5) is 13.2 Å². The van der Waals surface area contributed by atoms with Gasteiger partial charge in [-0.25, -0.2) is 0 Å². The fourth-order valence-corrected chi connectivity index (χ4v) is 2.37. The fourth-order valence-electron chi connectivity index (χ4n) is 2.37. The van der Waals surface area contributed by atoms with E-state index in [9.17, 15) is 18.0 Å². The molecule has 0 unspecified atom stereocenters. The third kappa shape index (κ3) is 6.07. The number of nitrogens with one attached hydrogen (secondary N) is 2. The number of rotatable bonds is 5. The Morgan fingerprint density at radius 1 is 1.39 bits per heavy atom. The lowest BCUT2D eigenvalue weighted by molar-refractivity contribution is -0.274. The number of halogens is 3. The van der Waals surface area contributed by atoms with E-state index in [-0.39, 0.29) is 18.2 Å². The highest BCUT2D eigenvalue weighted by Gasteiger charge is 2.30. The molecule has 2 N–H and O–H groups in total. The number of hydrogen-bond acceptors (Lipinski definition) is 4. The van der Waals surface area contributed by atoms with Crippen molar-refractivity contribution in [3.8, 4) is 5.75 Å².